The lowest BCUT2D eigenvalue weighted by Gasteiger charge is -2.06. The van der Waals surface area contributed by atoms with E-state index in [2.05, 4.69) is 0 Å². The summed E-state index contributed by atoms with van der Waals surface area (Å²) in [6.45, 7) is 0.997. The molecule has 1 saturated heterocycles. The minimum Gasteiger partial charge on any atom is -0.496 e. The molecule has 1 aromatic carbocycles. The van der Waals surface area contributed by atoms with Gasteiger partial charge in [-0.05, 0) is 12.1 Å². The van der Waals surface area contributed by atoms with Gasteiger partial charge in [0.1, 0.15) is 18.5 Å². The minimum atomic E-state index is -0.494. The molecule has 1 fully saturated rings. The van der Waals surface area contributed by atoms with Gasteiger partial charge in [-0.2, -0.15) is 0 Å². The molecule has 0 amide bonds. The van der Waals surface area contributed by atoms with E-state index in [1.165, 1.54) is 19.2 Å². The van der Waals surface area contributed by atoms with Crippen molar-refractivity contribution in [1.82, 2.24) is 0 Å². The number of nitrogens with zero attached hydrogens (tertiary/aromatic N) is 1. The second-order valence-corrected chi connectivity index (χ2v) is 3.36. The Balaban J connectivity index is 2.16. The fourth-order valence-electron chi connectivity index (χ4n) is 1.24. The van der Waals surface area contributed by atoms with Crippen LogP contribution in [0, 0.1) is 10.1 Å². The van der Waals surface area contributed by atoms with Crippen LogP contribution in [-0.4, -0.2) is 31.4 Å². The average Bonchev–Trinajstić information content (AvgIpc) is 3.09. The lowest BCUT2D eigenvalue weighted by molar-refractivity contribution is -0.385. The summed E-state index contributed by atoms with van der Waals surface area (Å²) in [5.41, 5.74) is -0.0972. The van der Waals surface area contributed by atoms with Crippen molar-refractivity contribution in [3.63, 3.8) is 0 Å². The molecule has 16 heavy (non-hydrogen) atoms. The first-order valence-electron chi connectivity index (χ1n) is 4.77. The van der Waals surface area contributed by atoms with E-state index >= 15 is 0 Å². The number of nitro benzene ring substituents is 1. The van der Waals surface area contributed by atoms with Gasteiger partial charge in [0.2, 0.25) is 0 Å². The third-order valence-corrected chi connectivity index (χ3v) is 2.19. The Morgan fingerprint density at radius 2 is 2.38 bits per heavy atom. The molecule has 1 aliphatic rings. The molecule has 0 saturated carbocycles. The van der Waals surface area contributed by atoms with Gasteiger partial charge < -0.3 is 14.2 Å². The summed E-state index contributed by atoms with van der Waals surface area (Å²) in [6.07, 6.45) is 0.0710. The fraction of sp³-hybridized carbons (Fsp3) is 0.400. The highest BCUT2D eigenvalue weighted by atomic mass is 16.6. The largest absolute Gasteiger partial charge is 0.496 e. The van der Waals surface area contributed by atoms with Crippen LogP contribution in [0.1, 0.15) is 0 Å². The molecule has 86 valence electrons. The molecular weight excluding hydrogens is 214 g/mol. The van der Waals surface area contributed by atoms with Crippen molar-refractivity contribution in [2.45, 2.75) is 6.10 Å². The Morgan fingerprint density at radius 1 is 1.62 bits per heavy atom. The van der Waals surface area contributed by atoms with Crippen molar-refractivity contribution >= 4 is 5.69 Å². The van der Waals surface area contributed by atoms with E-state index in [4.69, 9.17) is 14.2 Å². The average molecular weight is 225 g/mol. The van der Waals surface area contributed by atoms with E-state index in [-0.39, 0.29) is 17.5 Å². The van der Waals surface area contributed by atoms with Crippen molar-refractivity contribution in [3.8, 4) is 11.5 Å². The van der Waals surface area contributed by atoms with Crippen LogP contribution < -0.4 is 9.47 Å². The number of methoxy groups -OCH3 is 1. The Kier molecular flexibility index (Phi) is 2.91. The molecule has 0 aliphatic carbocycles. The van der Waals surface area contributed by atoms with Gasteiger partial charge in [0, 0.05) is 0 Å². The number of epoxide rings is 1. The van der Waals surface area contributed by atoms with Crippen LogP contribution >= 0.6 is 0 Å². The molecule has 6 nitrogen and oxygen atoms in total. The molecule has 1 heterocycles. The highest BCUT2D eigenvalue weighted by Crippen LogP contribution is 2.31. The zero-order valence-corrected chi connectivity index (χ0v) is 8.71. The predicted octanol–water partition coefficient (Wildman–Crippen LogP) is 1.38. The number of rotatable bonds is 5. The van der Waals surface area contributed by atoms with Gasteiger partial charge in [-0.25, -0.2) is 0 Å². The second-order valence-electron chi connectivity index (χ2n) is 3.36. The summed E-state index contributed by atoms with van der Waals surface area (Å²) in [7, 11) is 1.46. The molecule has 0 radical (unpaired) electrons. The number of nitro groups is 1. The zero-order chi connectivity index (χ0) is 11.5. The zero-order valence-electron chi connectivity index (χ0n) is 8.71. The monoisotopic (exact) mass is 225 g/mol. The number of ether oxygens (including phenoxy) is 3. The van der Waals surface area contributed by atoms with Crippen molar-refractivity contribution < 1.29 is 19.1 Å². The first-order chi connectivity index (χ1) is 7.70. The molecule has 1 unspecified atom stereocenters. The smallest absolute Gasteiger partial charge is 0.314 e. The fourth-order valence-corrected chi connectivity index (χ4v) is 1.24. The molecule has 6 heteroatoms. The van der Waals surface area contributed by atoms with Crippen LogP contribution in [0.4, 0.5) is 5.69 Å². The van der Waals surface area contributed by atoms with Crippen LogP contribution in [0.15, 0.2) is 18.2 Å². The van der Waals surface area contributed by atoms with E-state index in [0.29, 0.717) is 19.0 Å². The summed E-state index contributed by atoms with van der Waals surface area (Å²) >= 11 is 0. The molecule has 1 atom stereocenters. The quantitative estimate of drug-likeness (QED) is 0.430. The molecule has 0 spiro atoms. The minimum absolute atomic E-state index is 0.0710. The maximum Gasteiger partial charge on any atom is 0.314 e. The number of hydrogen-bond donors (Lipinski definition) is 0. The van der Waals surface area contributed by atoms with Crippen LogP contribution in [0.2, 0.25) is 0 Å². The van der Waals surface area contributed by atoms with E-state index in [9.17, 15) is 10.1 Å². The van der Waals surface area contributed by atoms with Gasteiger partial charge in [-0.1, -0.05) is 0 Å². The summed E-state index contributed by atoms with van der Waals surface area (Å²) in [5.74, 6) is 0.669. The molecule has 1 aromatic rings. The molecule has 0 N–H and O–H groups in total. The van der Waals surface area contributed by atoms with Crippen molar-refractivity contribution in [1.29, 1.82) is 0 Å². The van der Waals surface area contributed by atoms with E-state index in [1.54, 1.807) is 6.07 Å². The van der Waals surface area contributed by atoms with Gasteiger partial charge in [0.25, 0.3) is 0 Å². The Labute approximate surface area is 91.9 Å². The van der Waals surface area contributed by atoms with E-state index in [1.807, 2.05) is 0 Å². The first-order valence-corrected chi connectivity index (χ1v) is 4.77. The summed E-state index contributed by atoms with van der Waals surface area (Å²) in [6, 6.07) is 4.48. The number of hydrogen-bond acceptors (Lipinski definition) is 5. The maximum absolute atomic E-state index is 10.8. The van der Waals surface area contributed by atoms with Gasteiger partial charge in [0.15, 0.2) is 5.75 Å². The SMILES string of the molecule is COc1ccc(OCC2CO2)c([N+](=O)[O-])c1. The van der Waals surface area contributed by atoms with Gasteiger partial charge >= 0.3 is 5.69 Å². The summed E-state index contributed by atoms with van der Waals surface area (Å²) in [4.78, 5) is 10.3. The molecular formula is C10H11NO5. The lowest BCUT2D eigenvalue weighted by atomic mass is 10.3. The van der Waals surface area contributed by atoms with Crippen LogP contribution in [-0.2, 0) is 4.74 Å². The van der Waals surface area contributed by atoms with Crippen molar-refractivity contribution in [2.24, 2.45) is 0 Å². The molecule has 0 bridgehead atoms. The maximum atomic E-state index is 10.8. The highest BCUT2D eigenvalue weighted by Gasteiger charge is 2.25. The lowest BCUT2D eigenvalue weighted by Crippen LogP contribution is -2.05. The summed E-state index contributed by atoms with van der Waals surface area (Å²) < 4.78 is 15.2. The second kappa shape index (κ2) is 4.36. The molecule has 1 aliphatic heterocycles. The highest BCUT2D eigenvalue weighted by molar-refractivity contribution is 5.50. The predicted molar refractivity (Wildman–Crippen MR) is 54.9 cm³/mol. The molecule has 2 rings (SSSR count). The summed E-state index contributed by atoms with van der Waals surface area (Å²) in [5, 5.41) is 10.8. The van der Waals surface area contributed by atoms with Crippen LogP contribution in [0.5, 0.6) is 11.5 Å². The van der Waals surface area contributed by atoms with Crippen LogP contribution in [0.3, 0.4) is 0 Å². The van der Waals surface area contributed by atoms with Crippen molar-refractivity contribution in [2.75, 3.05) is 20.3 Å². The standard InChI is InChI=1S/C10H11NO5/c1-14-7-2-3-10(9(4-7)11(12)13)16-6-8-5-15-8/h2-4,8H,5-6H2,1H3. The first kappa shape index (κ1) is 10.7. The van der Waals surface area contributed by atoms with Gasteiger partial charge in [-0.3, -0.25) is 10.1 Å². The number of benzene rings is 1. The Hall–Kier alpha value is -1.82. The normalized spacial score (nSPS) is 17.9. The molecule has 0 aromatic heterocycles. The van der Waals surface area contributed by atoms with Gasteiger partial charge in [0.05, 0.1) is 24.7 Å². The third kappa shape index (κ3) is 2.40. The van der Waals surface area contributed by atoms with Crippen LogP contribution in [0.25, 0.3) is 0 Å². The van der Waals surface area contributed by atoms with E-state index < -0.39 is 4.92 Å². The Morgan fingerprint density at radius 3 is 2.94 bits per heavy atom. The van der Waals surface area contributed by atoms with E-state index in [0.717, 1.165) is 0 Å². The Bertz CT molecular complexity index is 402. The third-order valence-electron chi connectivity index (χ3n) is 2.19. The topological polar surface area (TPSA) is 74.1 Å². The van der Waals surface area contributed by atoms with Crippen molar-refractivity contribution in [3.05, 3.63) is 28.3 Å². The van der Waals surface area contributed by atoms with Gasteiger partial charge in [-0.15, -0.1) is 0 Å².